The van der Waals surface area contributed by atoms with Gasteiger partial charge >= 0.3 is 17.9 Å². The van der Waals surface area contributed by atoms with E-state index in [9.17, 15) is 14.4 Å². The zero-order valence-electron chi connectivity index (χ0n) is 32.5. The Morgan fingerprint density at radius 3 is 1.51 bits per heavy atom. The maximum absolute atomic E-state index is 12.2. The number of carbonyl (C=O) groups excluding carboxylic acids is 3. The van der Waals surface area contributed by atoms with Crippen LogP contribution in [0.4, 0.5) is 11.4 Å². The quantitative estimate of drug-likeness (QED) is 0.0610. The molecular formula is C42H65N3O8. The maximum atomic E-state index is 12.2. The summed E-state index contributed by atoms with van der Waals surface area (Å²) in [7, 11) is 0. The first-order valence-corrected chi connectivity index (χ1v) is 19.6. The molecule has 0 unspecified atom stereocenters. The predicted molar refractivity (Wildman–Crippen MR) is 209 cm³/mol. The lowest BCUT2D eigenvalue weighted by molar-refractivity contribution is -0.155. The zero-order valence-corrected chi connectivity index (χ0v) is 32.5. The lowest BCUT2D eigenvalue weighted by atomic mass is 9.84. The van der Waals surface area contributed by atoms with Gasteiger partial charge in [-0.15, -0.1) is 0 Å². The van der Waals surface area contributed by atoms with Gasteiger partial charge in [-0.2, -0.15) is 0 Å². The monoisotopic (exact) mass is 739 g/mol. The summed E-state index contributed by atoms with van der Waals surface area (Å²) in [6, 6.07) is 10.9. The fourth-order valence-electron chi connectivity index (χ4n) is 6.77. The Hall–Kier alpha value is -3.67. The first kappa shape index (κ1) is 43.7. The van der Waals surface area contributed by atoms with Crippen molar-refractivity contribution in [2.24, 2.45) is 17.6 Å². The standard InChI is InChI=1S/C24H37NO5.C18H28N2O3/c1-24(2,3)30-22(26)10-7-13-28-14-15-29-23(27)20-12-11-19(21(25)17-20)16-18-8-5-4-6-9-18;19-8-9-22-10-11-23-18(21)16-7-6-15(17(20)13-16)12-14-4-2-1-3-5-14/h11-12,17-18H,4-10,13-16,25H2,1-3H3;6-7,13-14H,1-5,8-12,19-20H2. The van der Waals surface area contributed by atoms with Crippen LogP contribution >= 0.6 is 0 Å². The molecule has 2 aliphatic rings. The van der Waals surface area contributed by atoms with Crippen LogP contribution in [-0.4, -0.2) is 69.7 Å². The Morgan fingerprint density at radius 1 is 0.642 bits per heavy atom. The average molecular weight is 740 g/mol. The molecule has 0 aliphatic heterocycles. The van der Waals surface area contributed by atoms with E-state index >= 15 is 0 Å². The summed E-state index contributed by atoms with van der Waals surface area (Å²) in [4.78, 5) is 35.8. The number of nitrogen functional groups attached to an aromatic ring is 2. The summed E-state index contributed by atoms with van der Waals surface area (Å²) in [5.41, 5.74) is 21.7. The Labute approximate surface area is 317 Å². The van der Waals surface area contributed by atoms with Gasteiger partial charge in [0.1, 0.15) is 18.8 Å². The minimum atomic E-state index is -0.469. The number of anilines is 2. The smallest absolute Gasteiger partial charge is 0.338 e. The van der Waals surface area contributed by atoms with E-state index < -0.39 is 11.6 Å². The summed E-state index contributed by atoms with van der Waals surface area (Å²) in [5, 5.41) is 0. The first-order valence-electron chi connectivity index (χ1n) is 19.6. The highest BCUT2D eigenvalue weighted by atomic mass is 16.6. The van der Waals surface area contributed by atoms with E-state index in [1.807, 2.05) is 32.9 Å². The molecule has 2 aromatic rings. The highest BCUT2D eigenvalue weighted by Crippen LogP contribution is 2.30. The van der Waals surface area contributed by atoms with Crippen LogP contribution in [0.2, 0.25) is 0 Å². The van der Waals surface area contributed by atoms with Gasteiger partial charge in [-0.05, 0) is 87.3 Å². The molecule has 11 heteroatoms. The zero-order chi connectivity index (χ0) is 38.5. The molecule has 53 heavy (non-hydrogen) atoms. The lowest BCUT2D eigenvalue weighted by Gasteiger charge is -2.22. The van der Waals surface area contributed by atoms with Gasteiger partial charge in [-0.25, -0.2) is 9.59 Å². The molecule has 2 aliphatic carbocycles. The minimum Gasteiger partial charge on any atom is -0.460 e. The van der Waals surface area contributed by atoms with Crippen LogP contribution in [0.15, 0.2) is 36.4 Å². The van der Waals surface area contributed by atoms with Crippen molar-refractivity contribution in [3.8, 4) is 0 Å². The van der Waals surface area contributed by atoms with Crippen LogP contribution < -0.4 is 17.2 Å². The Morgan fingerprint density at radius 2 is 1.09 bits per heavy atom. The molecule has 0 heterocycles. The summed E-state index contributed by atoms with van der Waals surface area (Å²) in [6.45, 7) is 7.91. The molecule has 2 saturated carbocycles. The third-order valence-electron chi connectivity index (χ3n) is 9.50. The van der Waals surface area contributed by atoms with Gasteiger partial charge in [0.25, 0.3) is 0 Å². The highest BCUT2D eigenvalue weighted by Gasteiger charge is 2.19. The van der Waals surface area contributed by atoms with Crippen molar-refractivity contribution in [1.29, 1.82) is 0 Å². The van der Waals surface area contributed by atoms with Crippen molar-refractivity contribution in [2.75, 3.05) is 57.7 Å². The van der Waals surface area contributed by atoms with E-state index in [0.29, 0.717) is 67.6 Å². The normalized spacial score (nSPS) is 15.2. The van der Waals surface area contributed by atoms with Gasteiger partial charge in [0.15, 0.2) is 0 Å². The fourth-order valence-corrected chi connectivity index (χ4v) is 6.77. The molecule has 2 aromatic carbocycles. The molecule has 0 bridgehead atoms. The molecule has 2 fully saturated rings. The molecule has 0 radical (unpaired) electrons. The maximum Gasteiger partial charge on any atom is 0.338 e. The number of nitrogens with two attached hydrogens (primary N) is 3. The SMILES string of the molecule is CC(C)(C)OC(=O)CCCOCCOC(=O)c1ccc(CC2CCCCC2)c(N)c1.NCCOCCOC(=O)c1ccc(CC2CCCCC2)c(N)c1. The minimum absolute atomic E-state index is 0.162. The summed E-state index contributed by atoms with van der Waals surface area (Å²) >= 11 is 0. The largest absolute Gasteiger partial charge is 0.460 e. The van der Waals surface area contributed by atoms with Crippen molar-refractivity contribution in [2.45, 2.75) is 116 Å². The second-order valence-corrected chi connectivity index (χ2v) is 15.2. The topological polar surface area (TPSA) is 175 Å². The van der Waals surface area contributed by atoms with Crippen LogP contribution in [-0.2, 0) is 41.3 Å². The van der Waals surface area contributed by atoms with Crippen molar-refractivity contribution in [1.82, 2.24) is 0 Å². The molecule has 11 nitrogen and oxygen atoms in total. The van der Waals surface area contributed by atoms with Gasteiger partial charge in [-0.3, -0.25) is 4.79 Å². The number of esters is 3. The molecule has 0 amide bonds. The van der Waals surface area contributed by atoms with E-state index in [1.54, 1.807) is 24.3 Å². The second kappa shape index (κ2) is 23.9. The van der Waals surface area contributed by atoms with E-state index in [0.717, 1.165) is 29.9 Å². The first-order chi connectivity index (χ1) is 25.4. The van der Waals surface area contributed by atoms with Crippen LogP contribution in [0.25, 0.3) is 0 Å². The van der Waals surface area contributed by atoms with Crippen molar-refractivity contribution in [3.05, 3.63) is 58.7 Å². The number of hydrogen-bond acceptors (Lipinski definition) is 11. The van der Waals surface area contributed by atoms with Crippen molar-refractivity contribution < 1.29 is 38.1 Å². The van der Waals surface area contributed by atoms with Gasteiger partial charge in [-0.1, -0.05) is 76.3 Å². The number of rotatable bonds is 18. The van der Waals surface area contributed by atoms with Crippen molar-refractivity contribution in [3.63, 3.8) is 0 Å². The van der Waals surface area contributed by atoms with Gasteiger partial charge in [0.05, 0.1) is 30.9 Å². The molecule has 0 spiro atoms. The Kier molecular flexibility index (Phi) is 19.7. The fraction of sp³-hybridized carbons (Fsp3) is 0.643. The molecule has 0 aromatic heterocycles. The van der Waals surface area contributed by atoms with Crippen LogP contribution in [0.1, 0.15) is 130 Å². The Balaban J connectivity index is 0.000000295. The number of benzene rings is 2. The Bertz CT molecular complexity index is 1400. The molecule has 6 N–H and O–H groups in total. The van der Waals surface area contributed by atoms with E-state index in [-0.39, 0.29) is 31.8 Å². The van der Waals surface area contributed by atoms with Crippen molar-refractivity contribution >= 4 is 29.3 Å². The molecule has 0 atom stereocenters. The van der Waals surface area contributed by atoms with Gasteiger partial charge in [0.2, 0.25) is 0 Å². The summed E-state index contributed by atoms with van der Waals surface area (Å²) in [5.74, 6) is 0.428. The third-order valence-corrected chi connectivity index (χ3v) is 9.50. The third kappa shape index (κ3) is 17.8. The van der Waals surface area contributed by atoms with E-state index in [2.05, 4.69) is 0 Å². The number of carbonyl (C=O) groups is 3. The predicted octanol–water partition coefficient (Wildman–Crippen LogP) is 7.21. The van der Waals surface area contributed by atoms with Gasteiger partial charge in [0, 0.05) is 30.9 Å². The lowest BCUT2D eigenvalue weighted by Crippen LogP contribution is -2.23. The molecular weight excluding hydrogens is 674 g/mol. The van der Waals surface area contributed by atoms with Crippen LogP contribution in [0, 0.1) is 11.8 Å². The molecule has 4 rings (SSSR count). The number of hydrogen-bond donors (Lipinski definition) is 3. The van der Waals surface area contributed by atoms with Gasteiger partial charge < -0.3 is 40.9 Å². The van der Waals surface area contributed by atoms with Crippen LogP contribution in [0.3, 0.4) is 0 Å². The summed E-state index contributed by atoms with van der Waals surface area (Å²) in [6.07, 6.45) is 15.9. The second-order valence-electron chi connectivity index (χ2n) is 15.2. The van der Waals surface area contributed by atoms with Crippen LogP contribution in [0.5, 0.6) is 0 Å². The summed E-state index contributed by atoms with van der Waals surface area (Å²) < 4.78 is 26.2. The van der Waals surface area contributed by atoms with E-state index in [4.69, 9.17) is 40.9 Å². The highest BCUT2D eigenvalue weighted by molar-refractivity contribution is 5.91. The molecule has 0 saturated heterocycles. The average Bonchev–Trinajstić information content (AvgIpc) is 3.13. The number of ether oxygens (including phenoxy) is 5. The van der Waals surface area contributed by atoms with E-state index in [1.165, 1.54) is 64.2 Å². The molecule has 296 valence electrons.